The molecule has 0 atom stereocenters. The number of hydrogen-bond donors (Lipinski definition) is 1. The third kappa shape index (κ3) is 5.46. The zero-order valence-electron chi connectivity index (χ0n) is 17.7. The van der Waals surface area contributed by atoms with Crippen molar-refractivity contribution in [1.82, 2.24) is 20.1 Å². The molecule has 0 aliphatic carbocycles. The molecule has 2 aromatic carbocycles. The van der Waals surface area contributed by atoms with Crippen LogP contribution in [-0.2, 0) is 17.0 Å². The van der Waals surface area contributed by atoms with Gasteiger partial charge in [-0.25, -0.2) is 0 Å². The van der Waals surface area contributed by atoms with Crippen molar-refractivity contribution in [2.45, 2.75) is 17.5 Å². The zero-order valence-corrected chi connectivity index (χ0v) is 18.5. The van der Waals surface area contributed by atoms with Gasteiger partial charge in [0.25, 0.3) is 5.91 Å². The van der Waals surface area contributed by atoms with Crippen molar-refractivity contribution in [3.05, 3.63) is 89.7 Å². The number of ether oxygens (including phenoxy) is 1. The maximum absolute atomic E-state index is 12.3. The van der Waals surface area contributed by atoms with Crippen molar-refractivity contribution in [3.63, 3.8) is 0 Å². The van der Waals surface area contributed by atoms with Gasteiger partial charge in [-0.1, -0.05) is 54.2 Å². The smallest absolute Gasteiger partial charge is 0.251 e. The van der Waals surface area contributed by atoms with E-state index >= 15 is 0 Å². The van der Waals surface area contributed by atoms with E-state index in [1.165, 1.54) is 0 Å². The van der Waals surface area contributed by atoms with E-state index < -0.39 is 0 Å². The summed E-state index contributed by atoms with van der Waals surface area (Å²) in [6, 6.07) is 21.5. The topological polar surface area (TPSA) is 82.2 Å². The van der Waals surface area contributed by atoms with Gasteiger partial charge in [0.1, 0.15) is 0 Å². The molecular formula is C24H24N4O3S. The first-order chi connectivity index (χ1) is 15.7. The fraction of sp³-hybridized carbons (Fsp3) is 0.208. The van der Waals surface area contributed by atoms with Crippen molar-refractivity contribution in [3.8, 4) is 11.6 Å². The van der Waals surface area contributed by atoms with Gasteiger partial charge in [-0.15, -0.1) is 10.2 Å². The lowest BCUT2D eigenvalue weighted by molar-refractivity contribution is 0.0937. The van der Waals surface area contributed by atoms with Crippen molar-refractivity contribution in [2.75, 3.05) is 20.3 Å². The molecule has 0 aliphatic rings. The molecule has 32 heavy (non-hydrogen) atoms. The second kappa shape index (κ2) is 10.8. The van der Waals surface area contributed by atoms with Gasteiger partial charge in [0.05, 0.1) is 19.4 Å². The largest absolute Gasteiger partial charge is 0.461 e. The highest BCUT2D eigenvalue weighted by Crippen LogP contribution is 2.28. The Balaban J connectivity index is 1.51. The minimum atomic E-state index is -0.110. The average molecular weight is 449 g/mol. The van der Waals surface area contributed by atoms with Gasteiger partial charge in [-0.3, -0.25) is 9.36 Å². The number of furan rings is 1. The number of benzene rings is 2. The maximum Gasteiger partial charge on any atom is 0.251 e. The molecule has 0 saturated carbocycles. The molecule has 2 aromatic heterocycles. The first-order valence-corrected chi connectivity index (χ1v) is 11.2. The average Bonchev–Trinajstić information content (AvgIpc) is 3.49. The molecule has 0 saturated heterocycles. The zero-order chi connectivity index (χ0) is 22.2. The van der Waals surface area contributed by atoms with Gasteiger partial charge >= 0.3 is 0 Å². The third-order valence-electron chi connectivity index (χ3n) is 4.79. The van der Waals surface area contributed by atoms with Gasteiger partial charge in [0, 0.05) is 25.0 Å². The first kappa shape index (κ1) is 21.9. The Morgan fingerprint density at radius 3 is 2.69 bits per heavy atom. The molecule has 4 aromatic rings. The highest BCUT2D eigenvalue weighted by Gasteiger charge is 2.17. The van der Waals surface area contributed by atoms with E-state index in [1.54, 1.807) is 25.1 Å². The molecule has 0 bridgehead atoms. The number of thioether (sulfide) groups is 1. The summed E-state index contributed by atoms with van der Waals surface area (Å²) in [6.07, 6.45) is 1.63. The molecule has 0 unspecified atom stereocenters. The lowest BCUT2D eigenvalue weighted by atomic mass is 10.1. The van der Waals surface area contributed by atoms with E-state index in [0.29, 0.717) is 42.6 Å². The van der Waals surface area contributed by atoms with Gasteiger partial charge in [0.2, 0.25) is 5.82 Å². The fourth-order valence-electron chi connectivity index (χ4n) is 3.21. The van der Waals surface area contributed by atoms with E-state index in [9.17, 15) is 4.79 Å². The van der Waals surface area contributed by atoms with Crippen LogP contribution in [0.5, 0.6) is 0 Å². The van der Waals surface area contributed by atoms with Crippen LogP contribution in [0.1, 0.15) is 21.5 Å². The molecular weight excluding hydrogens is 424 g/mol. The summed E-state index contributed by atoms with van der Waals surface area (Å²) >= 11 is 1.58. The van der Waals surface area contributed by atoms with Crippen LogP contribution in [-0.4, -0.2) is 40.9 Å². The van der Waals surface area contributed by atoms with Crippen LogP contribution in [0.2, 0.25) is 0 Å². The van der Waals surface area contributed by atoms with Crippen LogP contribution < -0.4 is 5.32 Å². The van der Waals surface area contributed by atoms with Crippen molar-refractivity contribution in [2.24, 2.45) is 0 Å². The van der Waals surface area contributed by atoms with Crippen LogP contribution in [0.15, 0.2) is 82.6 Å². The number of carbonyl (C=O) groups is 1. The van der Waals surface area contributed by atoms with Crippen LogP contribution in [0.3, 0.4) is 0 Å². The monoisotopic (exact) mass is 448 g/mol. The summed E-state index contributed by atoms with van der Waals surface area (Å²) in [4.78, 5) is 12.3. The number of methoxy groups -OCH3 is 1. The van der Waals surface area contributed by atoms with Gasteiger partial charge in [-0.2, -0.15) is 0 Å². The number of hydrogen-bond acceptors (Lipinski definition) is 6. The van der Waals surface area contributed by atoms with Crippen molar-refractivity contribution in [1.29, 1.82) is 0 Å². The lowest BCUT2D eigenvalue weighted by Gasteiger charge is -2.10. The van der Waals surface area contributed by atoms with Gasteiger partial charge in [0.15, 0.2) is 10.9 Å². The Kier molecular flexibility index (Phi) is 7.37. The quantitative estimate of drug-likeness (QED) is 0.288. The van der Waals surface area contributed by atoms with Gasteiger partial charge in [-0.05, 0) is 35.4 Å². The summed E-state index contributed by atoms with van der Waals surface area (Å²) in [5.74, 6) is 1.91. The van der Waals surface area contributed by atoms with Crippen LogP contribution in [0, 0.1) is 0 Å². The SMILES string of the molecule is COCCNC(=O)c1cccc(CSc2nnc(-c3ccco3)n2Cc2ccccc2)c1. The summed E-state index contributed by atoms with van der Waals surface area (Å²) in [5, 5.41) is 12.4. The van der Waals surface area contributed by atoms with Crippen molar-refractivity contribution < 1.29 is 13.9 Å². The predicted octanol–water partition coefficient (Wildman–Crippen LogP) is 4.25. The number of carbonyl (C=O) groups excluding carboxylic acids is 1. The standard InChI is InChI=1S/C24H24N4O3S/c1-30-14-12-25-23(29)20-10-5-9-19(15-20)17-32-24-27-26-22(21-11-6-13-31-21)28(24)16-18-7-3-2-4-8-18/h2-11,13,15H,12,14,16-17H2,1H3,(H,25,29). The first-order valence-electron chi connectivity index (χ1n) is 10.2. The Bertz CT molecular complexity index is 1140. The highest BCUT2D eigenvalue weighted by atomic mass is 32.2. The van der Waals surface area contributed by atoms with Gasteiger partial charge < -0.3 is 14.5 Å². The van der Waals surface area contributed by atoms with E-state index in [4.69, 9.17) is 9.15 Å². The Morgan fingerprint density at radius 1 is 1.06 bits per heavy atom. The van der Waals surface area contributed by atoms with E-state index in [2.05, 4.69) is 32.2 Å². The number of aromatic nitrogens is 3. The molecule has 0 fully saturated rings. The van der Waals surface area contributed by atoms with E-state index in [-0.39, 0.29) is 5.91 Å². The molecule has 4 rings (SSSR count). The molecule has 1 N–H and O–H groups in total. The lowest BCUT2D eigenvalue weighted by Crippen LogP contribution is -2.26. The molecule has 8 heteroatoms. The second-order valence-corrected chi connectivity index (χ2v) is 8.04. The Morgan fingerprint density at radius 2 is 1.91 bits per heavy atom. The Labute approximate surface area is 190 Å². The van der Waals surface area contributed by atoms with Crippen LogP contribution in [0.4, 0.5) is 0 Å². The molecule has 0 radical (unpaired) electrons. The minimum absolute atomic E-state index is 0.110. The summed E-state index contributed by atoms with van der Waals surface area (Å²) in [6.45, 7) is 1.59. The molecule has 1 amide bonds. The molecule has 7 nitrogen and oxygen atoms in total. The number of nitrogens with zero attached hydrogens (tertiary/aromatic N) is 3. The second-order valence-electron chi connectivity index (χ2n) is 7.09. The number of amides is 1. The minimum Gasteiger partial charge on any atom is -0.461 e. The molecule has 0 aliphatic heterocycles. The number of rotatable bonds is 10. The summed E-state index contributed by atoms with van der Waals surface area (Å²) in [5.41, 5.74) is 2.81. The fourth-order valence-corrected chi connectivity index (χ4v) is 4.09. The van der Waals surface area contributed by atoms with Crippen molar-refractivity contribution >= 4 is 17.7 Å². The summed E-state index contributed by atoms with van der Waals surface area (Å²) < 4.78 is 12.6. The third-order valence-corrected chi connectivity index (χ3v) is 5.83. The normalized spacial score (nSPS) is 10.9. The van der Waals surface area contributed by atoms with Crippen LogP contribution >= 0.6 is 11.8 Å². The van der Waals surface area contributed by atoms with E-state index in [1.807, 2.05) is 54.6 Å². The highest BCUT2D eigenvalue weighted by molar-refractivity contribution is 7.98. The summed E-state index contributed by atoms with van der Waals surface area (Å²) in [7, 11) is 1.61. The Hall–Kier alpha value is -3.36. The molecule has 0 spiro atoms. The molecule has 2 heterocycles. The maximum atomic E-state index is 12.3. The van der Waals surface area contributed by atoms with E-state index in [0.717, 1.165) is 16.3 Å². The van der Waals surface area contributed by atoms with Crippen LogP contribution in [0.25, 0.3) is 11.6 Å². The predicted molar refractivity (Wildman–Crippen MR) is 123 cm³/mol. The molecule has 164 valence electrons. The number of nitrogens with one attached hydrogen (secondary N) is 1.